The molecule has 2 heterocycles. The van der Waals surface area contributed by atoms with E-state index in [9.17, 15) is 0 Å². The highest BCUT2D eigenvalue weighted by molar-refractivity contribution is 14.1. The van der Waals surface area contributed by atoms with Crippen molar-refractivity contribution in [1.82, 2.24) is 24.5 Å². The lowest BCUT2D eigenvalue weighted by molar-refractivity contribution is 0.679. The highest BCUT2D eigenvalue weighted by atomic mass is 127. The molecular formula is C7H8IN5. The summed E-state index contributed by atoms with van der Waals surface area (Å²) in [6, 6.07) is 0. The molecule has 0 unspecified atom stereocenters. The van der Waals surface area contributed by atoms with Crippen molar-refractivity contribution in [3.63, 3.8) is 0 Å². The third-order valence-electron chi connectivity index (χ3n) is 1.61. The number of hydrogen-bond acceptors (Lipinski definition) is 3. The maximum atomic E-state index is 4.17. The van der Waals surface area contributed by atoms with E-state index in [0.717, 1.165) is 15.9 Å². The second kappa shape index (κ2) is 3.44. The van der Waals surface area contributed by atoms with Crippen LogP contribution in [0.5, 0.6) is 0 Å². The van der Waals surface area contributed by atoms with Gasteiger partial charge in [-0.1, -0.05) is 0 Å². The van der Waals surface area contributed by atoms with Gasteiger partial charge >= 0.3 is 0 Å². The van der Waals surface area contributed by atoms with E-state index in [4.69, 9.17) is 0 Å². The largest absolute Gasteiger partial charge is 0.275 e. The van der Waals surface area contributed by atoms with Crippen LogP contribution in [0.3, 0.4) is 0 Å². The Balaban J connectivity index is 2.14. The highest BCUT2D eigenvalue weighted by Gasteiger charge is 1.99. The van der Waals surface area contributed by atoms with Crippen molar-refractivity contribution in [2.75, 3.05) is 0 Å². The van der Waals surface area contributed by atoms with Gasteiger partial charge in [0.1, 0.15) is 6.33 Å². The summed E-state index contributed by atoms with van der Waals surface area (Å²) in [6.45, 7) is 0.726. The number of aromatic nitrogens is 5. The summed E-state index contributed by atoms with van der Waals surface area (Å²) in [5.74, 6) is 0. The van der Waals surface area contributed by atoms with Crippen molar-refractivity contribution in [1.29, 1.82) is 0 Å². The molecule has 0 saturated heterocycles. The monoisotopic (exact) mass is 289 g/mol. The minimum Gasteiger partial charge on any atom is -0.275 e. The van der Waals surface area contributed by atoms with Gasteiger partial charge in [-0.3, -0.25) is 4.68 Å². The second-order valence-corrected chi connectivity index (χ2v) is 3.70. The van der Waals surface area contributed by atoms with Crippen LogP contribution in [-0.4, -0.2) is 24.5 Å². The maximum absolute atomic E-state index is 4.17. The quantitative estimate of drug-likeness (QED) is 0.763. The summed E-state index contributed by atoms with van der Waals surface area (Å²) in [4.78, 5) is 4.03. The second-order valence-electron chi connectivity index (χ2n) is 2.73. The van der Waals surface area contributed by atoms with E-state index < -0.39 is 0 Å². The van der Waals surface area contributed by atoms with Gasteiger partial charge in [-0.05, 0) is 0 Å². The van der Waals surface area contributed by atoms with Crippen molar-refractivity contribution < 1.29 is 0 Å². The highest BCUT2D eigenvalue weighted by Crippen LogP contribution is 2.00. The summed E-state index contributed by atoms with van der Waals surface area (Å²) < 4.78 is 4.33. The van der Waals surface area contributed by atoms with Crippen molar-refractivity contribution in [3.05, 3.63) is 28.1 Å². The molecule has 5 nitrogen and oxygen atoms in total. The van der Waals surface area contributed by atoms with Gasteiger partial charge in [0.05, 0.1) is 12.7 Å². The van der Waals surface area contributed by atoms with Gasteiger partial charge in [0, 0.05) is 41.4 Å². The topological polar surface area (TPSA) is 48.5 Å². The van der Waals surface area contributed by atoms with E-state index >= 15 is 0 Å². The van der Waals surface area contributed by atoms with Crippen molar-refractivity contribution >= 4 is 22.6 Å². The fourth-order valence-corrected chi connectivity index (χ4v) is 1.49. The SMILES string of the molecule is Cn1cc(Cn2cnc(I)n2)cn1. The zero-order valence-electron chi connectivity index (χ0n) is 7.05. The van der Waals surface area contributed by atoms with Crippen molar-refractivity contribution in [2.24, 2.45) is 7.05 Å². The van der Waals surface area contributed by atoms with Crippen LogP contribution in [0.15, 0.2) is 18.7 Å². The molecule has 2 aromatic rings. The predicted molar refractivity (Wildman–Crippen MR) is 55.0 cm³/mol. The smallest absolute Gasteiger partial charge is 0.211 e. The molecule has 0 amide bonds. The average molecular weight is 289 g/mol. The third kappa shape index (κ3) is 2.06. The Bertz CT molecular complexity index is 366. The lowest BCUT2D eigenvalue weighted by Crippen LogP contribution is -1.99. The van der Waals surface area contributed by atoms with E-state index in [1.807, 2.05) is 19.4 Å². The Kier molecular flexibility index (Phi) is 2.30. The van der Waals surface area contributed by atoms with Gasteiger partial charge in [-0.15, -0.1) is 5.10 Å². The normalized spacial score (nSPS) is 10.6. The van der Waals surface area contributed by atoms with E-state index in [2.05, 4.69) is 37.8 Å². The van der Waals surface area contributed by atoms with Crippen LogP contribution < -0.4 is 0 Å². The molecule has 0 bridgehead atoms. The fourth-order valence-electron chi connectivity index (χ4n) is 1.09. The van der Waals surface area contributed by atoms with Crippen molar-refractivity contribution in [2.45, 2.75) is 6.54 Å². The van der Waals surface area contributed by atoms with Crippen LogP contribution in [0.25, 0.3) is 0 Å². The fraction of sp³-hybridized carbons (Fsp3) is 0.286. The standard InChI is InChI=1S/C7H8IN5/c1-12-3-6(2-10-12)4-13-5-9-7(8)11-13/h2-3,5H,4H2,1H3. The predicted octanol–water partition coefficient (Wildman–Crippen LogP) is 0.664. The molecular weight excluding hydrogens is 281 g/mol. The maximum Gasteiger partial charge on any atom is 0.211 e. The van der Waals surface area contributed by atoms with Crippen LogP contribution in [0.2, 0.25) is 0 Å². The third-order valence-corrected chi connectivity index (χ3v) is 2.11. The molecule has 2 aromatic heterocycles. The Morgan fingerprint density at radius 3 is 2.92 bits per heavy atom. The van der Waals surface area contributed by atoms with Gasteiger partial charge < -0.3 is 0 Å². The molecule has 0 atom stereocenters. The first-order chi connectivity index (χ1) is 6.24. The zero-order chi connectivity index (χ0) is 9.26. The molecule has 0 radical (unpaired) electrons. The molecule has 6 heteroatoms. The van der Waals surface area contributed by atoms with Crippen LogP contribution in [-0.2, 0) is 13.6 Å². The number of hydrogen-bond donors (Lipinski definition) is 0. The number of aryl methyl sites for hydroxylation is 1. The van der Waals surface area contributed by atoms with Crippen molar-refractivity contribution in [3.8, 4) is 0 Å². The molecule has 0 aliphatic heterocycles. The Morgan fingerprint density at radius 2 is 2.38 bits per heavy atom. The van der Waals surface area contributed by atoms with Gasteiger partial charge in [0.25, 0.3) is 0 Å². The van der Waals surface area contributed by atoms with Crippen LogP contribution in [0, 0.1) is 3.83 Å². The molecule has 68 valence electrons. The van der Waals surface area contributed by atoms with Gasteiger partial charge in [-0.25, -0.2) is 9.67 Å². The van der Waals surface area contributed by atoms with E-state index in [0.29, 0.717) is 0 Å². The van der Waals surface area contributed by atoms with Gasteiger partial charge in [0.15, 0.2) is 0 Å². The summed E-state index contributed by atoms with van der Waals surface area (Å²) in [5.41, 5.74) is 1.13. The van der Waals surface area contributed by atoms with Gasteiger partial charge in [-0.2, -0.15) is 5.10 Å². The first kappa shape index (κ1) is 8.67. The lowest BCUT2D eigenvalue weighted by atomic mass is 10.4. The Hall–Kier alpha value is -0.920. The van der Waals surface area contributed by atoms with Gasteiger partial charge in [0.2, 0.25) is 3.83 Å². The summed E-state index contributed by atoms with van der Waals surface area (Å²) in [6.07, 6.45) is 5.51. The van der Waals surface area contributed by atoms with Crippen LogP contribution in [0.4, 0.5) is 0 Å². The molecule has 0 aliphatic rings. The van der Waals surface area contributed by atoms with Crippen LogP contribution in [0.1, 0.15) is 5.56 Å². The minimum atomic E-state index is 0.726. The average Bonchev–Trinajstić information content (AvgIpc) is 2.62. The minimum absolute atomic E-state index is 0.726. The molecule has 0 fully saturated rings. The van der Waals surface area contributed by atoms with E-state index in [-0.39, 0.29) is 0 Å². The van der Waals surface area contributed by atoms with Crippen LogP contribution >= 0.6 is 22.6 Å². The zero-order valence-corrected chi connectivity index (χ0v) is 9.21. The lowest BCUT2D eigenvalue weighted by Gasteiger charge is -1.94. The molecule has 0 aromatic carbocycles. The molecule has 0 spiro atoms. The number of halogens is 1. The summed E-state index contributed by atoms with van der Waals surface area (Å²) >= 11 is 2.08. The number of nitrogens with zero attached hydrogens (tertiary/aromatic N) is 5. The first-order valence-corrected chi connectivity index (χ1v) is 4.84. The molecule has 0 saturated carbocycles. The first-order valence-electron chi connectivity index (χ1n) is 3.76. The molecule has 13 heavy (non-hydrogen) atoms. The molecule has 0 N–H and O–H groups in total. The number of rotatable bonds is 2. The summed E-state index contributed by atoms with van der Waals surface area (Å²) in [5, 5.41) is 8.24. The Morgan fingerprint density at radius 1 is 1.54 bits per heavy atom. The molecule has 2 rings (SSSR count). The Labute approximate surface area is 88.9 Å². The van der Waals surface area contributed by atoms with E-state index in [1.165, 1.54) is 0 Å². The summed E-state index contributed by atoms with van der Waals surface area (Å²) in [7, 11) is 1.90. The molecule has 0 aliphatic carbocycles. The van der Waals surface area contributed by atoms with E-state index in [1.54, 1.807) is 15.7 Å².